The van der Waals surface area contributed by atoms with E-state index in [0.29, 0.717) is 5.92 Å². The second kappa shape index (κ2) is 7.01. The molecule has 0 spiro atoms. The Kier molecular flexibility index (Phi) is 6.63. The predicted molar refractivity (Wildman–Crippen MR) is 56.5 cm³/mol. The SMILES string of the molecule is CC.CCC1=NCC(C)CN=C1. The first kappa shape index (κ1) is 11.3. The Morgan fingerprint density at radius 2 is 2.08 bits per heavy atom. The van der Waals surface area contributed by atoms with Gasteiger partial charge in [-0.15, -0.1) is 0 Å². The van der Waals surface area contributed by atoms with Gasteiger partial charge in [0.15, 0.2) is 0 Å². The number of nitrogens with zero attached hydrogens (tertiary/aromatic N) is 2. The number of hydrogen-bond donors (Lipinski definition) is 0. The maximum absolute atomic E-state index is 4.39. The molecule has 2 nitrogen and oxygen atoms in total. The van der Waals surface area contributed by atoms with Crippen LogP contribution in [0.15, 0.2) is 9.98 Å². The van der Waals surface area contributed by atoms with Gasteiger partial charge in [0.05, 0.1) is 5.71 Å². The minimum absolute atomic E-state index is 0.625. The molecular formula is C10H20N2. The summed E-state index contributed by atoms with van der Waals surface area (Å²) in [4.78, 5) is 8.64. The van der Waals surface area contributed by atoms with Crippen molar-refractivity contribution >= 4 is 11.9 Å². The van der Waals surface area contributed by atoms with E-state index in [2.05, 4.69) is 23.8 Å². The topological polar surface area (TPSA) is 24.7 Å². The molecule has 12 heavy (non-hydrogen) atoms. The van der Waals surface area contributed by atoms with Crippen molar-refractivity contribution in [2.24, 2.45) is 15.9 Å². The molecule has 1 heterocycles. The van der Waals surface area contributed by atoms with Gasteiger partial charge in [-0.05, 0) is 12.3 Å². The van der Waals surface area contributed by atoms with Gasteiger partial charge in [0, 0.05) is 19.3 Å². The lowest BCUT2D eigenvalue weighted by Gasteiger charge is -1.99. The molecule has 0 saturated carbocycles. The number of hydrogen-bond acceptors (Lipinski definition) is 2. The summed E-state index contributed by atoms with van der Waals surface area (Å²) in [5, 5.41) is 0. The van der Waals surface area contributed by atoms with Gasteiger partial charge in [0.2, 0.25) is 0 Å². The Morgan fingerprint density at radius 1 is 1.42 bits per heavy atom. The van der Waals surface area contributed by atoms with Crippen molar-refractivity contribution in [3.63, 3.8) is 0 Å². The van der Waals surface area contributed by atoms with Crippen LogP contribution in [0.1, 0.15) is 34.1 Å². The van der Waals surface area contributed by atoms with E-state index in [1.165, 1.54) is 0 Å². The second-order valence-electron chi connectivity index (χ2n) is 2.78. The Bertz CT molecular complexity index is 159. The molecule has 0 radical (unpaired) electrons. The molecule has 1 aliphatic rings. The van der Waals surface area contributed by atoms with Crippen molar-refractivity contribution < 1.29 is 0 Å². The molecule has 0 aromatic heterocycles. The summed E-state index contributed by atoms with van der Waals surface area (Å²) < 4.78 is 0. The molecule has 0 aromatic rings. The fraction of sp³-hybridized carbons (Fsp3) is 0.800. The summed E-state index contributed by atoms with van der Waals surface area (Å²) >= 11 is 0. The van der Waals surface area contributed by atoms with Gasteiger partial charge in [0.1, 0.15) is 0 Å². The summed E-state index contributed by atoms with van der Waals surface area (Å²) in [6.45, 7) is 10.2. The fourth-order valence-electron chi connectivity index (χ4n) is 0.913. The fourth-order valence-corrected chi connectivity index (χ4v) is 0.913. The maximum Gasteiger partial charge on any atom is 0.0523 e. The van der Waals surface area contributed by atoms with Gasteiger partial charge < -0.3 is 0 Å². The molecule has 0 aliphatic carbocycles. The molecular weight excluding hydrogens is 148 g/mol. The second-order valence-corrected chi connectivity index (χ2v) is 2.78. The zero-order chi connectivity index (χ0) is 9.40. The van der Waals surface area contributed by atoms with Gasteiger partial charge >= 0.3 is 0 Å². The normalized spacial score (nSPS) is 22.0. The van der Waals surface area contributed by atoms with E-state index in [9.17, 15) is 0 Å². The van der Waals surface area contributed by atoms with E-state index >= 15 is 0 Å². The molecule has 1 unspecified atom stereocenters. The highest BCUT2D eigenvalue weighted by Gasteiger charge is 2.02. The lowest BCUT2D eigenvalue weighted by atomic mass is 10.2. The molecule has 0 saturated heterocycles. The minimum Gasteiger partial charge on any atom is -0.291 e. The number of rotatable bonds is 1. The molecule has 2 heteroatoms. The van der Waals surface area contributed by atoms with Crippen LogP contribution >= 0.6 is 0 Å². The molecule has 1 atom stereocenters. The predicted octanol–water partition coefficient (Wildman–Crippen LogP) is 2.58. The quantitative estimate of drug-likeness (QED) is 0.575. The monoisotopic (exact) mass is 168 g/mol. The van der Waals surface area contributed by atoms with Crippen molar-refractivity contribution in [3.05, 3.63) is 0 Å². The van der Waals surface area contributed by atoms with Crippen LogP contribution in [-0.2, 0) is 0 Å². The Hall–Kier alpha value is -0.660. The first-order chi connectivity index (χ1) is 5.83. The van der Waals surface area contributed by atoms with Crippen molar-refractivity contribution in [2.45, 2.75) is 34.1 Å². The minimum atomic E-state index is 0.625. The molecule has 0 fully saturated rings. The van der Waals surface area contributed by atoms with E-state index in [1.54, 1.807) is 0 Å². The van der Waals surface area contributed by atoms with Crippen molar-refractivity contribution in [1.29, 1.82) is 0 Å². The summed E-state index contributed by atoms with van der Waals surface area (Å²) in [6, 6.07) is 0. The lowest BCUT2D eigenvalue weighted by Crippen LogP contribution is -2.01. The van der Waals surface area contributed by atoms with Crippen molar-refractivity contribution in [3.8, 4) is 0 Å². The highest BCUT2D eigenvalue weighted by molar-refractivity contribution is 6.30. The summed E-state index contributed by atoms with van der Waals surface area (Å²) in [5.74, 6) is 0.625. The zero-order valence-corrected chi connectivity index (χ0v) is 8.67. The van der Waals surface area contributed by atoms with Crippen LogP contribution in [0.3, 0.4) is 0 Å². The lowest BCUT2D eigenvalue weighted by molar-refractivity contribution is 0.617. The highest BCUT2D eigenvalue weighted by atomic mass is 14.8. The van der Waals surface area contributed by atoms with E-state index in [0.717, 1.165) is 25.2 Å². The average Bonchev–Trinajstić information content (AvgIpc) is 2.33. The molecule has 1 rings (SSSR count). The molecule has 1 aliphatic heterocycles. The van der Waals surface area contributed by atoms with Gasteiger partial charge in [-0.1, -0.05) is 27.7 Å². The van der Waals surface area contributed by atoms with Crippen LogP contribution in [0.2, 0.25) is 0 Å². The van der Waals surface area contributed by atoms with Crippen molar-refractivity contribution in [1.82, 2.24) is 0 Å². The smallest absolute Gasteiger partial charge is 0.0523 e. The first-order valence-corrected chi connectivity index (χ1v) is 4.86. The van der Waals surface area contributed by atoms with Gasteiger partial charge in [-0.3, -0.25) is 9.98 Å². The van der Waals surface area contributed by atoms with E-state index < -0.39 is 0 Å². The molecule has 70 valence electrons. The van der Waals surface area contributed by atoms with Crippen LogP contribution in [0.25, 0.3) is 0 Å². The Balaban J connectivity index is 0.000000561. The van der Waals surface area contributed by atoms with Gasteiger partial charge in [-0.25, -0.2) is 0 Å². The van der Waals surface area contributed by atoms with Crippen LogP contribution in [0, 0.1) is 5.92 Å². The average molecular weight is 168 g/mol. The largest absolute Gasteiger partial charge is 0.291 e. The molecule has 0 aromatic carbocycles. The van der Waals surface area contributed by atoms with Gasteiger partial charge in [-0.2, -0.15) is 0 Å². The molecule has 0 bridgehead atoms. The Labute approximate surface area is 75.8 Å². The van der Waals surface area contributed by atoms with Crippen LogP contribution < -0.4 is 0 Å². The third-order valence-corrected chi connectivity index (χ3v) is 1.63. The zero-order valence-electron chi connectivity index (χ0n) is 8.67. The summed E-state index contributed by atoms with van der Waals surface area (Å²) in [5.41, 5.74) is 1.14. The van der Waals surface area contributed by atoms with Crippen LogP contribution in [-0.4, -0.2) is 25.0 Å². The van der Waals surface area contributed by atoms with E-state index in [4.69, 9.17) is 0 Å². The molecule has 0 amide bonds. The highest BCUT2D eigenvalue weighted by Crippen LogP contribution is 2.00. The van der Waals surface area contributed by atoms with Crippen LogP contribution in [0.4, 0.5) is 0 Å². The molecule has 0 N–H and O–H groups in total. The third kappa shape index (κ3) is 4.27. The Morgan fingerprint density at radius 3 is 2.67 bits per heavy atom. The third-order valence-electron chi connectivity index (χ3n) is 1.63. The van der Waals surface area contributed by atoms with E-state index in [1.807, 2.05) is 20.1 Å². The first-order valence-electron chi connectivity index (χ1n) is 4.86. The number of aliphatic imine (C=N–C) groups is 2. The van der Waals surface area contributed by atoms with E-state index in [-0.39, 0.29) is 0 Å². The van der Waals surface area contributed by atoms with Crippen molar-refractivity contribution in [2.75, 3.05) is 13.1 Å². The summed E-state index contributed by atoms with van der Waals surface area (Å²) in [6.07, 6.45) is 2.92. The van der Waals surface area contributed by atoms with Gasteiger partial charge in [0.25, 0.3) is 0 Å². The standard InChI is InChI=1S/C8H14N2.C2H6/c1-3-8-6-9-4-7(2)5-10-8;1-2/h6-7H,3-5H2,1-2H3;1-2H3. The summed E-state index contributed by atoms with van der Waals surface area (Å²) in [7, 11) is 0. The van der Waals surface area contributed by atoms with Crippen LogP contribution in [0.5, 0.6) is 0 Å². The maximum atomic E-state index is 4.39.